The van der Waals surface area contributed by atoms with Crippen LogP contribution >= 0.6 is 22.9 Å². The van der Waals surface area contributed by atoms with Gasteiger partial charge in [-0.25, -0.2) is 4.79 Å². The van der Waals surface area contributed by atoms with Gasteiger partial charge in [-0.15, -0.1) is 11.3 Å². The second-order valence-electron chi connectivity index (χ2n) is 6.31. The van der Waals surface area contributed by atoms with Crippen LogP contribution in [0.15, 0.2) is 41.8 Å². The van der Waals surface area contributed by atoms with E-state index in [1.54, 1.807) is 23.5 Å². The molecule has 2 heterocycles. The van der Waals surface area contributed by atoms with E-state index in [2.05, 4.69) is 28.6 Å². The molecule has 0 bridgehead atoms. The summed E-state index contributed by atoms with van der Waals surface area (Å²) in [7, 11) is 0. The van der Waals surface area contributed by atoms with Gasteiger partial charge in [0.15, 0.2) is 0 Å². The number of nitrogens with zero attached hydrogens (tertiary/aromatic N) is 2. The lowest BCUT2D eigenvalue weighted by Crippen LogP contribution is -2.48. The quantitative estimate of drug-likeness (QED) is 0.802. The standard InChI is InChI=1S/C19H24ClN3OS/c1-2-22-11-9-17(10-12-22)23(14-18-4-3-13-25-18)19(24)21-16-7-5-15(20)6-8-16/h3-8,13,17H,2,9-12,14H2,1H3,(H,21,24). The number of urea groups is 1. The number of amides is 2. The molecule has 2 aromatic rings. The van der Waals surface area contributed by atoms with Gasteiger partial charge in [-0.05, 0) is 55.1 Å². The third-order valence-corrected chi connectivity index (χ3v) is 5.82. The van der Waals surface area contributed by atoms with Gasteiger partial charge in [0.05, 0.1) is 6.54 Å². The van der Waals surface area contributed by atoms with Crippen LogP contribution in [0.1, 0.15) is 24.6 Å². The molecular weight excluding hydrogens is 354 g/mol. The van der Waals surface area contributed by atoms with Crippen molar-refractivity contribution < 1.29 is 4.79 Å². The Labute approximate surface area is 158 Å². The van der Waals surface area contributed by atoms with Crippen molar-refractivity contribution in [3.05, 3.63) is 51.7 Å². The molecule has 1 saturated heterocycles. The molecule has 1 fully saturated rings. The van der Waals surface area contributed by atoms with Gasteiger partial charge >= 0.3 is 6.03 Å². The van der Waals surface area contributed by atoms with Gasteiger partial charge in [0.2, 0.25) is 0 Å². The molecule has 1 aromatic carbocycles. The minimum absolute atomic E-state index is 0.0364. The van der Waals surface area contributed by atoms with Gasteiger partial charge in [0.1, 0.15) is 0 Å². The molecule has 0 radical (unpaired) electrons. The van der Waals surface area contributed by atoms with Crippen molar-refractivity contribution in [1.29, 1.82) is 0 Å². The number of benzene rings is 1. The molecule has 0 saturated carbocycles. The number of rotatable bonds is 5. The average molecular weight is 378 g/mol. The predicted octanol–water partition coefficient (Wildman–Crippen LogP) is 4.92. The number of hydrogen-bond donors (Lipinski definition) is 1. The molecule has 4 nitrogen and oxygen atoms in total. The predicted molar refractivity (Wildman–Crippen MR) is 105 cm³/mol. The maximum Gasteiger partial charge on any atom is 0.322 e. The number of thiophene rings is 1. The lowest BCUT2D eigenvalue weighted by molar-refractivity contribution is 0.127. The van der Waals surface area contributed by atoms with Crippen LogP contribution in [0.4, 0.5) is 10.5 Å². The Morgan fingerprint density at radius 3 is 2.60 bits per heavy atom. The number of likely N-dealkylation sites (tertiary alicyclic amines) is 1. The molecule has 1 aliphatic rings. The first-order valence-electron chi connectivity index (χ1n) is 8.73. The van der Waals surface area contributed by atoms with Crippen LogP contribution in [-0.4, -0.2) is 41.5 Å². The Kier molecular flexibility index (Phi) is 6.34. The fourth-order valence-corrected chi connectivity index (χ4v) is 4.04. The van der Waals surface area contributed by atoms with Gasteiger partial charge in [0.25, 0.3) is 0 Å². The number of piperidine rings is 1. The van der Waals surface area contributed by atoms with E-state index < -0.39 is 0 Å². The number of nitrogens with one attached hydrogen (secondary N) is 1. The smallest absolute Gasteiger partial charge is 0.316 e. The zero-order chi connectivity index (χ0) is 17.6. The summed E-state index contributed by atoms with van der Waals surface area (Å²) in [5.74, 6) is 0. The van der Waals surface area contributed by atoms with Crippen molar-refractivity contribution in [2.24, 2.45) is 0 Å². The Morgan fingerprint density at radius 2 is 2.00 bits per heavy atom. The summed E-state index contributed by atoms with van der Waals surface area (Å²) in [5, 5.41) is 5.75. The SMILES string of the molecule is CCN1CCC(N(Cc2cccs2)C(=O)Nc2ccc(Cl)cc2)CC1. The van der Waals surface area contributed by atoms with E-state index in [1.165, 1.54) is 4.88 Å². The fraction of sp³-hybridized carbons (Fsp3) is 0.421. The summed E-state index contributed by atoms with van der Waals surface area (Å²) in [6.45, 7) is 6.03. The third kappa shape index (κ3) is 4.97. The number of anilines is 1. The van der Waals surface area contributed by atoms with Crippen molar-refractivity contribution in [2.75, 3.05) is 25.0 Å². The fourth-order valence-electron chi connectivity index (χ4n) is 3.21. The zero-order valence-electron chi connectivity index (χ0n) is 14.5. The largest absolute Gasteiger partial charge is 0.322 e. The van der Waals surface area contributed by atoms with Gasteiger partial charge < -0.3 is 15.1 Å². The minimum Gasteiger partial charge on any atom is -0.316 e. The van der Waals surface area contributed by atoms with Crippen molar-refractivity contribution in [3.63, 3.8) is 0 Å². The molecule has 0 spiro atoms. The van der Waals surface area contributed by atoms with Gasteiger partial charge in [-0.1, -0.05) is 24.6 Å². The Morgan fingerprint density at radius 1 is 1.28 bits per heavy atom. The first-order chi connectivity index (χ1) is 12.2. The van der Waals surface area contributed by atoms with Crippen molar-refractivity contribution in [3.8, 4) is 0 Å². The van der Waals surface area contributed by atoms with E-state index in [-0.39, 0.29) is 12.1 Å². The molecule has 134 valence electrons. The molecule has 0 unspecified atom stereocenters. The molecule has 0 aliphatic carbocycles. The number of carbonyl (C=O) groups is 1. The van der Waals surface area contributed by atoms with Gasteiger partial charge in [-0.3, -0.25) is 0 Å². The van der Waals surface area contributed by atoms with Crippen LogP contribution in [0.25, 0.3) is 0 Å². The Hall–Kier alpha value is -1.56. The van der Waals surface area contributed by atoms with Crippen molar-refractivity contribution >= 4 is 34.7 Å². The summed E-state index contributed by atoms with van der Waals surface area (Å²) < 4.78 is 0. The van der Waals surface area contributed by atoms with Crippen LogP contribution in [0.3, 0.4) is 0 Å². The molecular formula is C19H24ClN3OS. The maximum absolute atomic E-state index is 12.9. The van der Waals surface area contributed by atoms with E-state index in [9.17, 15) is 4.79 Å². The van der Waals surface area contributed by atoms with Crippen molar-refractivity contribution in [1.82, 2.24) is 9.80 Å². The summed E-state index contributed by atoms with van der Waals surface area (Å²) >= 11 is 7.62. The highest BCUT2D eigenvalue weighted by atomic mass is 35.5. The van der Waals surface area contributed by atoms with Crippen LogP contribution in [0.5, 0.6) is 0 Å². The lowest BCUT2D eigenvalue weighted by atomic mass is 10.0. The average Bonchev–Trinajstić information content (AvgIpc) is 3.15. The lowest BCUT2D eigenvalue weighted by Gasteiger charge is -2.38. The van der Waals surface area contributed by atoms with E-state index in [4.69, 9.17) is 11.6 Å². The van der Waals surface area contributed by atoms with E-state index in [0.717, 1.165) is 38.2 Å². The Bertz CT molecular complexity index is 666. The maximum atomic E-state index is 12.9. The van der Waals surface area contributed by atoms with Gasteiger partial charge in [0, 0.05) is 34.7 Å². The molecule has 1 aromatic heterocycles. The molecule has 1 N–H and O–H groups in total. The van der Waals surface area contributed by atoms with E-state index in [1.807, 2.05) is 23.1 Å². The Balaban J connectivity index is 1.71. The highest BCUT2D eigenvalue weighted by Crippen LogP contribution is 2.22. The summed E-state index contributed by atoms with van der Waals surface area (Å²) in [6, 6.07) is 11.6. The van der Waals surface area contributed by atoms with Crippen molar-refractivity contribution in [2.45, 2.75) is 32.4 Å². The first-order valence-corrected chi connectivity index (χ1v) is 9.99. The molecule has 3 rings (SSSR count). The highest BCUT2D eigenvalue weighted by Gasteiger charge is 2.28. The second-order valence-corrected chi connectivity index (χ2v) is 7.78. The van der Waals surface area contributed by atoms with Crippen LogP contribution in [0.2, 0.25) is 5.02 Å². The topological polar surface area (TPSA) is 35.6 Å². The monoisotopic (exact) mass is 377 g/mol. The molecule has 2 amide bonds. The number of hydrogen-bond acceptors (Lipinski definition) is 3. The molecule has 6 heteroatoms. The minimum atomic E-state index is -0.0364. The highest BCUT2D eigenvalue weighted by molar-refractivity contribution is 7.09. The number of carbonyl (C=O) groups excluding carboxylic acids is 1. The van der Waals surface area contributed by atoms with E-state index >= 15 is 0 Å². The molecule has 1 aliphatic heterocycles. The summed E-state index contributed by atoms with van der Waals surface area (Å²) in [5.41, 5.74) is 0.775. The zero-order valence-corrected chi connectivity index (χ0v) is 16.0. The van der Waals surface area contributed by atoms with Crippen LogP contribution in [-0.2, 0) is 6.54 Å². The first kappa shape index (κ1) is 18.2. The van der Waals surface area contributed by atoms with Crippen LogP contribution in [0, 0.1) is 0 Å². The third-order valence-electron chi connectivity index (χ3n) is 4.71. The summed E-state index contributed by atoms with van der Waals surface area (Å²) in [6.07, 6.45) is 2.04. The number of halogens is 1. The van der Waals surface area contributed by atoms with E-state index in [0.29, 0.717) is 11.6 Å². The normalized spacial score (nSPS) is 15.9. The molecule has 25 heavy (non-hydrogen) atoms. The summed E-state index contributed by atoms with van der Waals surface area (Å²) in [4.78, 5) is 18.6. The molecule has 0 atom stereocenters. The van der Waals surface area contributed by atoms with Gasteiger partial charge in [-0.2, -0.15) is 0 Å². The second kappa shape index (κ2) is 8.70. The van der Waals surface area contributed by atoms with Crippen LogP contribution < -0.4 is 5.32 Å².